The van der Waals surface area contributed by atoms with Crippen molar-refractivity contribution < 1.29 is 44.1 Å². The van der Waals surface area contributed by atoms with Crippen LogP contribution in [0.1, 0.15) is 96.7 Å². The summed E-state index contributed by atoms with van der Waals surface area (Å²) in [6, 6.07) is 15.6. The molecule has 0 saturated carbocycles. The number of rotatable bonds is 12. The third kappa shape index (κ3) is 6.31. The van der Waals surface area contributed by atoms with E-state index in [1.807, 2.05) is 19.1 Å². The quantitative estimate of drug-likeness (QED) is 0.0688. The number of hydrogen-bond donors (Lipinski definition) is 6. The average Bonchev–Trinajstić information content (AvgIpc) is 3.18. The predicted molar refractivity (Wildman–Crippen MR) is 209 cm³/mol. The Balaban J connectivity index is 1.13. The molecule has 4 aromatic rings. The van der Waals surface area contributed by atoms with Gasteiger partial charge in [-0.15, -0.1) is 0 Å². The van der Waals surface area contributed by atoms with Gasteiger partial charge in [-0.3, -0.25) is 5.32 Å². The Bertz CT molecular complexity index is 2100. The molecule has 2 aliphatic heterocycles. The molecule has 0 unspecified atom stereocenters. The molecule has 292 valence electrons. The average molecular weight is 753 g/mol. The summed E-state index contributed by atoms with van der Waals surface area (Å²) in [6.07, 6.45) is 1.17. The van der Waals surface area contributed by atoms with E-state index in [2.05, 4.69) is 48.7 Å². The van der Waals surface area contributed by atoms with Crippen molar-refractivity contribution in [3.63, 3.8) is 0 Å². The molecule has 11 heteroatoms. The molecule has 4 aliphatic rings. The Morgan fingerprint density at radius 1 is 0.927 bits per heavy atom. The van der Waals surface area contributed by atoms with Crippen LogP contribution in [0.15, 0.2) is 48.5 Å². The van der Waals surface area contributed by atoms with Crippen LogP contribution in [0.5, 0.6) is 34.5 Å². The number of aliphatic hydroxyl groups excluding tert-OH is 3. The SMILES string of the molecule is CCNCOc1cc(OC)c2c3c1[C@H](O)Nc1cc4c(c(c1-3)CC2)[C@@H](O)[C@H](c1cc(OC)c(O)c(OC[C@H](CO)[C@@H]2CCC(C)(C)c3ccccc32)c1)CO4. The molecule has 6 N–H and O–H groups in total. The molecule has 0 spiro atoms. The van der Waals surface area contributed by atoms with Gasteiger partial charge in [0.1, 0.15) is 24.0 Å². The number of aliphatic hydroxyl groups is 3. The Hall–Kier alpha value is -4.68. The van der Waals surface area contributed by atoms with Crippen molar-refractivity contribution in [2.24, 2.45) is 5.92 Å². The predicted octanol–water partition coefficient (Wildman–Crippen LogP) is 6.59. The van der Waals surface area contributed by atoms with Gasteiger partial charge in [0.25, 0.3) is 0 Å². The molecule has 5 atom stereocenters. The number of hydrogen-bond acceptors (Lipinski definition) is 11. The summed E-state index contributed by atoms with van der Waals surface area (Å²) in [5, 5.41) is 52.1. The molecule has 0 radical (unpaired) electrons. The van der Waals surface area contributed by atoms with Gasteiger partial charge >= 0.3 is 0 Å². The Kier molecular flexibility index (Phi) is 10.00. The highest BCUT2D eigenvalue weighted by molar-refractivity contribution is 5.93. The summed E-state index contributed by atoms with van der Waals surface area (Å²) < 4.78 is 30.4. The molecule has 0 aromatic heterocycles. The summed E-state index contributed by atoms with van der Waals surface area (Å²) in [4.78, 5) is 0. The first-order valence-electron chi connectivity index (χ1n) is 19.4. The van der Waals surface area contributed by atoms with Crippen molar-refractivity contribution in [1.29, 1.82) is 0 Å². The lowest BCUT2D eigenvalue weighted by Crippen LogP contribution is -2.32. The number of anilines is 1. The highest BCUT2D eigenvalue weighted by atomic mass is 16.5. The molecule has 0 saturated heterocycles. The monoisotopic (exact) mass is 752 g/mol. The molecule has 0 fully saturated rings. The summed E-state index contributed by atoms with van der Waals surface area (Å²) in [6.45, 7) is 7.80. The Labute approximate surface area is 322 Å². The number of methoxy groups -OCH3 is 2. The van der Waals surface area contributed by atoms with E-state index in [1.165, 1.54) is 18.2 Å². The number of ether oxygens (including phenoxy) is 5. The number of aromatic hydroxyl groups is 1. The fourth-order valence-electron chi connectivity index (χ4n) is 9.39. The first-order valence-corrected chi connectivity index (χ1v) is 19.4. The number of nitrogens with one attached hydrogen (secondary N) is 2. The van der Waals surface area contributed by atoms with Gasteiger partial charge in [0.05, 0.1) is 39.1 Å². The van der Waals surface area contributed by atoms with Gasteiger partial charge in [-0.2, -0.15) is 0 Å². The van der Waals surface area contributed by atoms with Gasteiger partial charge in [-0.25, -0.2) is 0 Å². The zero-order chi connectivity index (χ0) is 38.6. The topological polar surface area (TPSA) is 151 Å². The van der Waals surface area contributed by atoms with Gasteiger partial charge in [0.15, 0.2) is 17.7 Å². The fourth-order valence-corrected chi connectivity index (χ4v) is 9.39. The van der Waals surface area contributed by atoms with Gasteiger partial charge in [-0.05, 0) is 77.9 Å². The lowest BCUT2D eigenvalue weighted by Gasteiger charge is -2.40. The van der Waals surface area contributed by atoms with Crippen molar-refractivity contribution in [3.8, 4) is 45.6 Å². The van der Waals surface area contributed by atoms with Crippen LogP contribution < -0.4 is 34.3 Å². The number of fused-ring (bicyclic) bond motifs is 3. The molecular formula is C44H52N2O9. The van der Waals surface area contributed by atoms with E-state index in [4.69, 9.17) is 23.7 Å². The van der Waals surface area contributed by atoms with E-state index in [-0.39, 0.29) is 61.1 Å². The molecular weight excluding hydrogens is 700 g/mol. The van der Waals surface area contributed by atoms with Crippen LogP contribution in [-0.2, 0) is 18.3 Å². The first-order chi connectivity index (χ1) is 26.6. The minimum Gasteiger partial charge on any atom is -0.502 e. The summed E-state index contributed by atoms with van der Waals surface area (Å²) in [5.74, 6) is 1.44. The van der Waals surface area contributed by atoms with Crippen molar-refractivity contribution in [3.05, 3.63) is 87.5 Å². The molecule has 0 bridgehead atoms. The Morgan fingerprint density at radius 3 is 2.45 bits per heavy atom. The smallest absolute Gasteiger partial charge is 0.200 e. The highest BCUT2D eigenvalue weighted by Crippen LogP contribution is 2.57. The second kappa shape index (κ2) is 14.8. The second-order valence-electron chi connectivity index (χ2n) is 15.8. The van der Waals surface area contributed by atoms with Crippen LogP contribution in [-0.4, -0.2) is 67.7 Å². The third-order valence-corrected chi connectivity index (χ3v) is 12.3. The van der Waals surface area contributed by atoms with Gasteiger partial charge in [0.2, 0.25) is 5.75 Å². The number of phenols is 1. The Morgan fingerprint density at radius 2 is 1.69 bits per heavy atom. The van der Waals surface area contributed by atoms with Gasteiger partial charge in [0, 0.05) is 58.5 Å². The normalized spacial score (nSPS) is 21.9. The van der Waals surface area contributed by atoms with E-state index in [0.717, 1.165) is 47.3 Å². The van der Waals surface area contributed by atoms with Crippen LogP contribution in [0.25, 0.3) is 11.1 Å². The van der Waals surface area contributed by atoms with Crippen molar-refractivity contribution in [1.82, 2.24) is 5.32 Å². The van der Waals surface area contributed by atoms with Crippen LogP contribution in [0.2, 0.25) is 0 Å². The molecule has 2 aliphatic carbocycles. The standard InChI is InChI=1S/C44H52N2O9/c1-6-45-22-55-34-18-32(51-4)27-11-12-28-37-31(46-43(50)40(34)39(27)37)17-33-38(28)41(48)29(21-54-33)23-15-35(52-5)42(49)36(16-23)53-20-24(19-47)25-13-14-44(2,3)30-10-8-7-9-26(25)30/h7-10,15-18,24-25,29,41,43,45-50H,6,11-14,19-22H2,1-5H3/t24-,25-,29-,41-,43-/m0/s1. The van der Waals surface area contributed by atoms with Crippen molar-refractivity contribution >= 4 is 5.69 Å². The zero-order valence-corrected chi connectivity index (χ0v) is 32.2. The van der Waals surface area contributed by atoms with E-state index >= 15 is 0 Å². The summed E-state index contributed by atoms with van der Waals surface area (Å²) >= 11 is 0. The maximum Gasteiger partial charge on any atom is 0.200 e. The van der Waals surface area contributed by atoms with E-state index in [0.29, 0.717) is 46.8 Å². The maximum absolute atomic E-state index is 12.3. The molecule has 11 nitrogen and oxygen atoms in total. The first kappa shape index (κ1) is 37.3. The van der Waals surface area contributed by atoms with Crippen LogP contribution in [0.4, 0.5) is 5.69 Å². The van der Waals surface area contributed by atoms with Gasteiger partial charge < -0.3 is 49.4 Å². The fraction of sp³-hybridized carbons (Fsp3) is 0.455. The van der Waals surface area contributed by atoms with Crippen LogP contribution >= 0.6 is 0 Å². The maximum atomic E-state index is 12.3. The lowest BCUT2D eigenvalue weighted by molar-refractivity contribution is 0.0875. The largest absolute Gasteiger partial charge is 0.502 e. The summed E-state index contributed by atoms with van der Waals surface area (Å²) in [5.41, 5.74) is 8.98. The molecule has 4 aromatic carbocycles. The highest BCUT2D eigenvalue weighted by Gasteiger charge is 2.42. The van der Waals surface area contributed by atoms with Crippen molar-refractivity contribution in [2.45, 2.75) is 76.0 Å². The van der Waals surface area contributed by atoms with Crippen molar-refractivity contribution in [2.75, 3.05) is 52.6 Å². The van der Waals surface area contributed by atoms with Gasteiger partial charge in [-0.1, -0.05) is 45.0 Å². The minimum absolute atomic E-state index is 0.0485. The molecule has 8 rings (SSSR count). The van der Waals surface area contributed by atoms with E-state index < -0.39 is 18.2 Å². The molecule has 2 heterocycles. The molecule has 0 amide bonds. The lowest BCUT2D eigenvalue weighted by atomic mass is 9.66. The second-order valence-corrected chi connectivity index (χ2v) is 15.8. The molecule has 55 heavy (non-hydrogen) atoms. The van der Waals surface area contributed by atoms with Crippen LogP contribution in [0, 0.1) is 5.92 Å². The minimum atomic E-state index is -1.03. The summed E-state index contributed by atoms with van der Waals surface area (Å²) in [7, 11) is 3.12. The third-order valence-electron chi connectivity index (χ3n) is 12.3. The van der Waals surface area contributed by atoms with Crippen LogP contribution in [0.3, 0.4) is 0 Å². The van der Waals surface area contributed by atoms with E-state index in [1.54, 1.807) is 19.2 Å². The van der Waals surface area contributed by atoms with E-state index in [9.17, 15) is 20.4 Å². The number of phenolic OH excluding ortho intramolecular Hbond substituents is 1. The number of benzene rings is 4. The zero-order valence-electron chi connectivity index (χ0n) is 32.2.